The summed E-state index contributed by atoms with van der Waals surface area (Å²) >= 11 is 0. The lowest BCUT2D eigenvalue weighted by atomic mass is 9.96. The SMILES string of the molecule is CCNC(c1cccc(CC)c1)c1ccnc(C)c1. The summed E-state index contributed by atoms with van der Waals surface area (Å²) < 4.78 is 0. The van der Waals surface area contributed by atoms with Crippen molar-refractivity contribution in [2.75, 3.05) is 6.54 Å². The normalized spacial score (nSPS) is 12.4. The molecule has 1 heterocycles. The highest BCUT2D eigenvalue weighted by Crippen LogP contribution is 2.23. The molecular formula is C17H22N2. The van der Waals surface area contributed by atoms with Gasteiger partial charge in [-0.3, -0.25) is 4.98 Å². The third-order valence-corrected chi connectivity index (χ3v) is 3.35. The average Bonchev–Trinajstić information content (AvgIpc) is 2.45. The molecule has 0 amide bonds. The van der Waals surface area contributed by atoms with Gasteiger partial charge >= 0.3 is 0 Å². The van der Waals surface area contributed by atoms with E-state index >= 15 is 0 Å². The van der Waals surface area contributed by atoms with Gasteiger partial charge in [0.15, 0.2) is 0 Å². The lowest BCUT2D eigenvalue weighted by Crippen LogP contribution is -2.22. The molecule has 2 heteroatoms. The maximum absolute atomic E-state index is 4.28. The van der Waals surface area contributed by atoms with Crippen LogP contribution in [0.5, 0.6) is 0 Å². The summed E-state index contributed by atoms with van der Waals surface area (Å²) in [4.78, 5) is 4.28. The summed E-state index contributed by atoms with van der Waals surface area (Å²) in [6.07, 6.45) is 2.96. The number of nitrogens with one attached hydrogen (secondary N) is 1. The number of nitrogens with zero attached hydrogens (tertiary/aromatic N) is 1. The van der Waals surface area contributed by atoms with E-state index in [1.807, 2.05) is 13.1 Å². The minimum absolute atomic E-state index is 0.248. The summed E-state index contributed by atoms with van der Waals surface area (Å²) in [7, 11) is 0. The predicted octanol–water partition coefficient (Wildman–Crippen LogP) is 3.65. The first-order chi connectivity index (χ1) is 9.24. The van der Waals surface area contributed by atoms with Crippen molar-refractivity contribution in [3.63, 3.8) is 0 Å². The fourth-order valence-corrected chi connectivity index (χ4v) is 2.37. The van der Waals surface area contributed by atoms with E-state index in [2.05, 4.69) is 60.5 Å². The molecule has 0 aliphatic heterocycles. The maximum atomic E-state index is 4.28. The van der Waals surface area contributed by atoms with Gasteiger partial charge < -0.3 is 5.32 Å². The first-order valence-corrected chi connectivity index (χ1v) is 6.99. The van der Waals surface area contributed by atoms with Gasteiger partial charge in [-0.2, -0.15) is 0 Å². The van der Waals surface area contributed by atoms with Crippen molar-refractivity contribution in [2.24, 2.45) is 0 Å². The highest BCUT2D eigenvalue weighted by atomic mass is 14.9. The van der Waals surface area contributed by atoms with Gasteiger partial charge in [0.05, 0.1) is 6.04 Å². The van der Waals surface area contributed by atoms with Crippen LogP contribution in [0.25, 0.3) is 0 Å². The molecular weight excluding hydrogens is 232 g/mol. The molecule has 0 saturated heterocycles. The molecule has 0 aliphatic carbocycles. The molecule has 2 aromatic rings. The van der Waals surface area contributed by atoms with Crippen LogP contribution in [0.15, 0.2) is 42.6 Å². The molecule has 0 saturated carbocycles. The molecule has 2 nitrogen and oxygen atoms in total. The van der Waals surface area contributed by atoms with Crippen LogP contribution >= 0.6 is 0 Å². The van der Waals surface area contributed by atoms with Gasteiger partial charge in [0.1, 0.15) is 0 Å². The van der Waals surface area contributed by atoms with E-state index in [0.29, 0.717) is 0 Å². The van der Waals surface area contributed by atoms with Crippen molar-refractivity contribution in [3.8, 4) is 0 Å². The third kappa shape index (κ3) is 3.42. The Morgan fingerprint density at radius 2 is 1.89 bits per heavy atom. The van der Waals surface area contributed by atoms with Crippen molar-refractivity contribution in [2.45, 2.75) is 33.2 Å². The van der Waals surface area contributed by atoms with E-state index in [1.54, 1.807) is 0 Å². The molecule has 1 N–H and O–H groups in total. The van der Waals surface area contributed by atoms with E-state index in [0.717, 1.165) is 18.7 Å². The van der Waals surface area contributed by atoms with Gasteiger partial charge in [-0.05, 0) is 48.7 Å². The first kappa shape index (κ1) is 13.8. The molecule has 0 spiro atoms. The lowest BCUT2D eigenvalue weighted by molar-refractivity contribution is 0.628. The molecule has 0 radical (unpaired) electrons. The van der Waals surface area contributed by atoms with E-state index in [-0.39, 0.29) is 6.04 Å². The number of rotatable bonds is 5. The van der Waals surface area contributed by atoms with E-state index in [1.165, 1.54) is 16.7 Å². The smallest absolute Gasteiger partial charge is 0.0577 e. The maximum Gasteiger partial charge on any atom is 0.0577 e. The van der Waals surface area contributed by atoms with Gasteiger partial charge in [-0.25, -0.2) is 0 Å². The molecule has 1 aromatic heterocycles. The molecule has 1 aromatic carbocycles. The Morgan fingerprint density at radius 3 is 2.58 bits per heavy atom. The molecule has 100 valence electrons. The minimum Gasteiger partial charge on any atom is -0.307 e. The highest BCUT2D eigenvalue weighted by molar-refractivity contribution is 5.34. The van der Waals surface area contributed by atoms with E-state index < -0.39 is 0 Å². The number of aryl methyl sites for hydroxylation is 2. The van der Waals surface area contributed by atoms with Crippen LogP contribution in [0.1, 0.15) is 42.3 Å². The highest BCUT2D eigenvalue weighted by Gasteiger charge is 2.13. The van der Waals surface area contributed by atoms with Crippen LogP contribution in [0, 0.1) is 6.92 Å². The predicted molar refractivity (Wildman–Crippen MR) is 80.3 cm³/mol. The van der Waals surface area contributed by atoms with Gasteiger partial charge in [-0.1, -0.05) is 38.1 Å². The van der Waals surface area contributed by atoms with Crippen LogP contribution in [-0.2, 0) is 6.42 Å². The Morgan fingerprint density at radius 1 is 1.11 bits per heavy atom. The Bertz CT molecular complexity index is 534. The molecule has 0 fully saturated rings. The average molecular weight is 254 g/mol. The number of pyridine rings is 1. The number of aromatic nitrogens is 1. The largest absolute Gasteiger partial charge is 0.307 e. The Labute approximate surface area is 115 Å². The van der Waals surface area contributed by atoms with Crippen LogP contribution < -0.4 is 5.32 Å². The van der Waals surface area contributed by atoms with Gasteiger partial charge in [0.2, 0.25) is 0 Å². The van der Waals surface area contributed by atoms with Gasteiger partial charge in [0.25, 0.3) is 0 Å². The second-order valence-electron chi connectivity index (χ2n) is 4.82. The summed E-state index contributed by atoms with van der Waals surface area (Å²) in [5, 5.41) is 3.57. The molecule has 19 heavy (non-hydrogen) atoms. The fourth-order valence-electron chi connectivity index (χ4n) is 2.37. The van der Waals surface area contributed by atoms with Crippen LogP contribution in [0.3, 0.4) is 0 Å². The van der Waals surface area contributed by atoms with Crippen LogP contribution in [0.2, 0.25) is 0 Å². The summed E-state index contributed by atoms with van der Waals surface area (Å²) in [6.45, 7) is 7.32. The first-order valence-electron chi connectivity index (χ1n) is 6.99. The zero-order valence-corrected chi connectivity index (χ0v) is 12.0. The van der Waals surface area contributed by atoms with Crippen molar-refractivity contribution in [3.05, 3.63) is 65.0 Å². The zero-order valence-electron chi connectivity index (χ0n) is 12.0. The summed E-state index contributed by atoms with van der Waals surface area (Å²) in [5.74, 6) is 0. The van der Waals surface area contributed by atoms with Gasteiger partial charge in [-0.15, -0.1) is 0 Å². The minimum atomic E-state index is 0.248. The molecule has 0 aliphatic rings. The van der Waals surface area contributed by atoms with Gasteiger partial charge in [0, 0.05) is 11.9 Å². The molecule has 2 rings (SSSR count). The quantitative estimate of drug-likeness (QED) is 0.881. The monoisotopic (exact) mass is 254 g/mol. The summed E-state index contributed by atoms with van der Waals surface area (Å²) in [6, 6.07) is 13.3. The number of hydrogen-bond acceptors (Lipinski definition) is 2. The second-order valence-corrected chi connectivity index (χ2v) is 4.82. The Kier molecular flexibility index (Phi) is 4.69. The fraction of sp³-hybridized carbons (Fsp3) is 0.353. The topological polar surface area (TPSA) is 24.9 Å². The second kappa shape index (κ2) is 6.48. The van der Waals surface area contributed by atoms with Crippen LogP contribution in [0.4, 0.5) is 0 Å². The summed E-state index contributed by atoms with van der Waals surface area (Å²) in [5.41, 5.74) is 5.05. The van der Waals surface area contributed by atoms with E-state index in [9.17, 15) is 0 Å². The Hall–Kier alpha value is -1.67. The molecule has 0 bridgehead atoms. The number of hydrogen-bond donors (Lipinski definition) is 1. The van der Waals surface area contributed by atoms with Crippen molar-refractivity contribution >= 4 is 0 Å². The standard InChI is InChI=1S/C17H22N2/c1-4-14-7-6-8-15(12-14)17(18-5-2)16-9-10-19-13(3)11-16/h6-12,17-18H,4-5H2,1-3H3. The van der Waals surface area contributed by atoms with Crippen LogP contribution in [-0.4, -0.2) is 11.5 Å². The molecule has 1 atom stereocenters. The zero-order chi connectivity index (χ0) is 13.7. The third-order valence-electron chi connectivity index (χ3n) is 3.35. The number of benzene rings is 1. The Balaban J connectivity index is 2.38. The van der Waals surface area contributed by atoms with Crippen molar-refractivity contribution in [1.82, 2.24) is 10.3 Å². The van der Waals surface area contributed by atoms with Crippen molar-refractivity contribution in [1.29, 1.82) is 0 Å². The van der Waals surface area contributed by atoms with Crippen molar-refractivity contribution < 1.29 is 0 Å². The van der Waals surface area contributed by atoms with E-state index in [4.69, 9.17) is 0 Å². The lowest BCUT2D eigenvalue weighted by Gasteiger charge is -2.20. The molecule has 1 unspecified atom stereocenters.